The van der Waals surface area contributed by atoms with Gasteiger partial charge in [-0.3, -0.25) is 0 Å². The van der Waals surface area contributed by atoms with Crippen LogP contribution in [0.3, 0.4) is 0 Å². The first-order valence-corrected chi connectivity index (χ1v) is 8.80. The molecular weight excluding hydrogens is 323 g/mol. The van der Waals surface area contributed by atoms with Crippen LogP contribution in [-0.2, 0) is 5.88 Å². The van der Waals surface area contributed by atoms with Gasteiger partial charge in [0, 0.05) is 4.88 Å². The van der Waals surface area contributed by atoms with Crippen LogP contribution in [0.4, 0.5) is 0 Å². The minimum Gasteiger partial charge on any atom is -0.318 e. The summed E-state index contributed by atoms with van der Waals surface area (Å²) in [6.45, 7) is 2.20. The molecule has 2 heterocycles. The van der Waals surface area contributed by atoms with E-state index in [1.807, 2.05) is 12.1 Å². The van der Waals surface area contributed by atoms with Gasteiger partial charge in [0.1, 0.15) is 11.3 Å². The van der Waals surface area contributed by atoms with Crippen molar-refractivity contribution in [2.45, 2.75) is 31.7 Å². The van der Waals surface area contributed by atoms with Gasteiger partial charge in [0.25, 0.3) is 0 Å². The predicted octanol–water partition coefficient (Wildman–Crippen LogP) is 5.88. The molecule has 0 amide bonds. The largest absolute Gasteiger partial charge is 0.318 e. The molecule has 3 rings (SSSR count). The van der Waals surface area contributed by atoms with E-state index in [4.69, 9.17) is 23.2 Å². The molecule has 110 valence electrons. The average Bonchev–Trinajstić information content (AvgIpc) is 3.13. The van der Waals surface area contributed by atoms with Gasteiger partial charge in [0.15, 0.2) is 0 Å². The van der Waals surface area contributed by atoms with Gasteiger partial charge >= 0.3 is 0 Å². The Balaban J connectivity index is 2.23. The SMILES string of the molecule is CCCC(c1cccs1)n1c(CCl)nc2c(Cl)cccc21. The fraction of sp³-hybridized carbons (Fsp3) is 0.312. The summed E-state index contributed by atoms with van der Waals surface area (Å²) in [6, 6.07) is 10.5. The summed E-state index contributed by atoms with van der Waals surface area (Å²) in [5.41, 5.74) is 1.90. The molecule has 1 aromatic carbocycles. The molecule has 0 radical (unpaired) electrons. The number of hydrogen-bond acceptors (Lipinski definition) is 2. The second kappa shape index (κ2) is 6.39. The first-order valence-electron chi connectivity index (χ1n) is 7.01. The molecule has 1 unspecified atom stereocenters. The first-order chi connectivity index (χ1) is 10.3. The highest BCUT2D eigenvalue weighted by atomic mass is 35.5. The molecule has 0 N–H and O–H groups in total. The van der Waals surface area contributed by atoms with Crippen LogP contribution >= 0.6 is 34.5 Å². The van der Waals surface area contributed by atoms with Crippen LogP contribution in [0.2, 0.25) is 5.02 Å². The summed E-state index contributed by atoms with van der Waals surface area (Å²) in [5, 5.41) is 2.80. The minimum atomic E-state index is 0.271. The first kappa shape index (κ1) is 14.9. The Morgan fingerprint density at radius 1 is 1.29 bits per heavy atom. The predicted molar refractivity (Wildman–Crippen MR) is 91.7 cm³/mol. The molecule has 1 atom stereocenters. The highest BCUT2D eigenvalue weighted by Crippen LogP contribution is 2.34. The fourth-order valence-electron chi connectivity index (χ4n) is 2.73. The maximum Gasteiger partial charge on any atom is 0.125 e. The average molecular weight is 339 g/mol. The highest BCUT2D eigenvalue weighted by molar-refractivity contribution is 7.10. The van der Waals surface area contributed by atoms with Gasteiger partial charge in [0.05, 0.1) is 22.5 Å². The van der Waals surface area contributed by atoms with Crippen molar-refractivity contribution in [2.75, 3.05) is 0 Å². The van der Waals surface area contributed by atoms with Crippen LogP contribution in [0.25, 0.3) is 11.0 Å². The van der Waals surface area contributed by atoms with E-state index in [0.717, 1.165) is 29.7 Å². The van der Waals surface area contributed by atoms with Gasteiger partial charge in [-0.15, -0.1) is 22.9 Å². The van der Waals surface area contributed by atoms with Crippen LogP contribution < -0.4 is 0 Å². The van der Waals surface area contributed by atoms with E-state index < -0.39 is 0 Å². The number of alkyl halides is 1. The standard InChI is InChI=1S/C16H16Cl2N2S/c1-2-5-12(14-8-4-9-21-14)20-13-7-3-6-11(18)16(13)19-15(20)10-17/h3-4,6-9,12H,2,5,10H2,1H3. The lowest BCUT2D eigenvalue weighted by Gasteiger charge is -2.20. The van der Waals surface area contributed by atoms with E-state index in [-0.39, 0.29) is 6.04 Å². The number of hydrogen-bond donors (Lipinski definition) is 0. The number of nitrogens with zero attached hydrogens (tertiary/aromatic N) is 2. The van der Waals surface area contributed by atoms with Crippen molar-refractivity contribution in [3.05, 3.63) is 51.4 Å². The number of imidazole rings is 1. The van der Waals surface area contributed by atoms with Gasteiger partial charge in [-0.05, 0) is 30.0 Å². The van der Waals surface area contributed by atoms with Gasteiger partial charge in [-0.2, -0.15) is 0 Å². The van der Waals surface area contributed by atoms with Gasteiger partial charge in [-0.25, -0.2) is 4.98 Å². The van der Waals surface area contributed by atoms with Crippen molar-refractivity contribution in [1.29, 1.82) is 0 Å². The third-order valence-electron chi connectivity index (χ3n) is 3.61. The monoisotopic (exact) mass is 338 g/mol. The Morgan fingerprint density at radius 3 is 2.81 bits per heavy atom. The van der Waals surface area contributed by atoms with Crippen molar-refractivity contribution in [2.24, 2.45) is 0 Å². The normalized spacial score (nSPS) is 12.9. The van der Waals surface area contributed by atoms with Crippen LogP contribution in [-0.4, -0.2) is 9.55 Å². The molecule has 0 aliphatic rings. The third-order valence-corrected chi connectivity index (χ3v) is 5.13. The smallest absolute Gasteiger partial charge is 0.125 e. The minimum absolute atomic E-state index is 0.271. The second-order valence-corrected chi connectivity index (χ2v) is 6.61. The number of halogens is 2. The molecule has 0 saturated heterocycles. The van der Waals surface area contributed by atoms with Crippen molar-refractivity contribution < 1.29 is 0 Å². The Morgan fingerprint density at radius 2 is 2.14 bits per heavy atom. The molecule has 0 saturated carbocycles. The topological polar surface area (TPSA) is 17.8 Å². The van der Waals surface area contributed by atoms with E-state index in [2.05, 4.69) is 40.1 Å². The van der Waals surface area contributed by atoms with Gasteiger partial charge in [0.2, 0.25) is 0 Å². The molecule has 0 aliphatic carbocycles. The molecular formula is C16H16Cl2N2S. The van der Waals surface area contributed by atoms with Crippen LogP contribution in [0, 0.1) is 0 Å². The number of para-hydroxylation sites is 1. The Hall–Kier alpha value is -1.03. The van der Waals surface area contributed by atoms with Crippen molar-refractivity contribution in [1.82, 2.24) is 9.55 Å². The molecule has 21 heavy (non-hydrogen) atoms. The number of aromatic nitrogens is 2. The molecule has 5 heteroatoms. The van der Waals surface area contributed by atoms with E-state index in [9.17, 15) is 0 Å². The Labute approximate surface area is 138 Å². The molecule has 2 nitrogen and oxygen atoms in total. The van der Waals surface area contributed by atoms with Gasteiger partial charge < -0.3 is 4.57 Å². The van der Waals surface area contributed by atoms with Crippen molar-refractivity contribution in [3.63, 3.8) is 0 Å². The summed E-state index contributed by atoms with van der Waals surface area (Å²) in [4.78, 5) is 5.98. The van der Waals surface area contributed by atoms with Crippen LogP contribution in [0.15, 0.2) is 35.7 Å². The zero-order valence-corrected chi connectivity index (χ0v) is 14.0. The van der Waals surface area contributed by atoms with E-state index >= 15 is 0 Å². The number of rotatable bonds is 5. The number of fused-ring (bicyclic) bond motifs is 1. The lowest BCUT2D eigenvalue weighted by molar-refractivity contribution is 0.540. The summed E-state index contributed by atoms with van der Waals surface area (Å²) >= 11 is 14.2. The molecule has 0 bridgehead atoms. The van der Waals surface area contributed by atoms with E-state index in [1.54, 1.807) is 11.3 Å². The summed E-state index contributed by atoms with van der Waals surface area (Å²) in [5.74, 6) is 1.27. The van der Waals surface area contributed by atoms with Crippen molar-refractivity contribution in [3.8, 4) is 0 Å². The van der Waals surface area contributed by atoms with Crippen molar-refractivity contribution >= 4 is 45.6 Å². The molecule has 2 aromatic heterocycles. The molecule has 0 spiro atoms. The lowest BCUT2D eigenvalue weighted by atomic mass is 10.1. The van der Waals surface area contributed by atoms with E-state index in [1.165, 1.54) is 4.88 Å². The zero-order chi connectivity index (χ0) is 14.8. The third kappa shape index (κ3) is 2.70. The van der Waals surface area contributed by atoms with Gasteiger partial charge in [-0.1, -0.05) is 37.1 Å². The zero-order valence-electron chi connectivity index (χ0n) is 11.7. The maximum absolute atomic E-state index is 6.29. The highest BCUT2D eigenvalue weighted by Gasteiger charge is 2.21. The Bertz CT molecular complexity index is 734. The summed E-state index contributed by atoms with van der Waals surface area (Å²) in [6.07, 6.45) is 2.16. The molecule has 3 aromatic rings. The van der Waals surface area contributed by atoms with Crippen LogP contribution in [0.5, 0.6) is 0 Å². The lowest BCUT2D eigenvalue weighted by Crippen LogP contribution is -2.12. The van der Waals surface area contributed by atoms with E-state index in [0.29, 0.717) is 10.9 Å². The summed E-state index contributed by atoms with van der Waals surface area (Å²) < 4.78 is 2.25. The second-order valence-electron chi connectivity index (χ2n) is 4.96. The quantitative estimate of drug-likeness (QED) is 0.531. The molecule has 0 fully saturated rings. The fourth-order valence-corrected chi connectivity index (χ4v) is 3.98. The summed E-state index contributed by atoms with van der Waals surface area (Å²) in [7, 11) is 0. The molecule has 0 aliphatic heterocycles. The maximum atomic E-state index is 6.29. The number of benzene rings is 1. The number of thiophene rings is 1. The Kier molecular flexibility index (Phi) is 4.53. The van der Waals surface area contributed by atoms with Crippen LogP contribution in [0.1, 0.15) is 36.5 Å².